The predicted molar refractivity (Wildman–Crippen MR) is 114 cm³/mol. The van der Waals surface area contributed by atoms with Crippen LogP contribution in [-0.4, -0.2) is 21.4 Å². The van der Waals surface area contributed by atoms with Crippen LogP contribution in [0, 0.1) is 11.3 Å². The average molecular weight is 407 g/mol. The highest BCUT2D eigenvalue weighted by Gasteiger charge is 2.19. The Morgan fingerprint density at radius 3 is 2.34 bits per heavy atom. The molecular formula is C22H22N4O2S. The second-order valence-corrected chi connectivity index (χ2v) is 8.93. The fourth-order valence-corrected chi connectivity index (χ4v) is 3.25. The van der Waals surface area contributed by atoms with Gasteiger partial charge in [0.1, 0.15) is 0 Å². The maximum atomic E-state index is 12.4. The highest BCUT2D eigenvalue weighted by Crippen LogP contribution is 2.29. The number of benzene rings is 2. The van der Waals surface area contributed by atoms with Gasteiger partial charge in [0.2, 0.25) is 11.8 Å². The van der Waals surface area contributed by atoms with E-state index in [0.29, 0.717) is 22.4 Å². The largest absolute Gasteiger partial charge is 0.411 e. The lowest BCUT2D eigenvalue weighted by Gasteiger charge is -2.18. The highest BCUT2D eigenvalue weighted by molar-refractivity contribution is 8.00. The van der Waals surface area contributed by atoms with Crippen molar-refractivity contribution in [3.8, 4) is 17.5 Å². The van der Waals surface area contributed by atoms with E-state index in [1.807, 2.05) is 18.2 Å². The molecule has 0 bridgehead atoms. The van der Waals surface area contributed by atoms with Crippen LogP contribution >= 0.6 is 11.8 Å². The van der Waals surface area contributed by atoms with Gasteiger partial charge in [0.15, 0.2) is 0 Å². The van der Waals surface area contributed by atoms with Crippen LogP contribution in [0.4, 0.5) is 5.69 Å². The summed E-state index contributed by atoms with van der Waals surface area (Å²) in [5.74, 6) is 0.238. The second-order valence-electron chi connectivity index (χ2n) is 7.64. The van der Waals surface area contributed by atoms with Crippen molar-refractivity contribution in [2.24, 2.45) is 0 Å². The molecule has 3 rings (SSSR count). The van der Waals surface area contributed by atoms with E-state index in [0.717, 1.165) is 5.56 Å². The summed E-state index contributed by atoms with van der Waals surface area (Å²) < 4.78 is 5.72. The van der Waals surface area contributed by atoms with Gasteiger partial charge in [0, 0.05) is 11.3 Å². The SMILES string of the molecule is C[C@H](Sc1nnc(-c2ccc(C(C)(C)C)cc2)o1)C(=O)Nc1ccc(C#N)cc1. The van der Waals surface area contributed by atoms with Crippen molar-refractivity contribution < 1.29 is 9.21 Å². The number of thioether (sulfide) groups is 1. The number of nitrogens with one attached hydrogen (secondary N) is 1. The van der Waals surface area contributed by atoms with Gasteiger partial charge in [-0.1, -0.05) is 44.7 Å². The van der Waals surface area contributed by atoms with Crippen molar-refractivity contribution in [3.63, 3.8) is 0 Å². The zero-order valence-electron chi connectivity index (χ0n) is 16.8. The van der Waals surface area contributed by atoms with E-state index in [9.17, 15) is 4.79 Å². The Kier molecular flexibility index (Phi) is 6.04. The van der Waals surface area contributed by atoms with Crippen LogP contribution in [0.15, 0.2) is 58.2 Å². The Hall–Kier alpha value is -3.11. The Morgan fingerprint density at radius 2 is 1.76 bits per heavy atom. The maximum absolute atomic E-state index is 12.4. The third-order valence-electron chi connectivity index (χ3n) is 4.33. The number of amides is 1. The summed E-state index contributed by atoms with van der Waals surface area (Å²) >= 11 is 1.20. The van der Waals surface area contributed by atoms with Gasteiger partial charge < -0.3 is 9.73 Å². The number of anilines is 1. The molecule has 0 fully saturated rings. The topological polar surface area (TPSA) is 91.8 Å². The van der Waals surface area contributed by atoms with Crippen molar-refractivity contribution in [2.45, 2.75) is 43.6 Å². The molecule has 0 saturated heterocycles. The molecule has 0 saturated carbocycles. The number of carbonyl (C=O) groups is 1. The standard InChI is InChI=1S/C22H22N4O2S/c1-14(19(27)24-18-11-5-15(13-23)6-12-18)29-21-26-25-20(28-21)16-7-9-17(10-8-16)22(2,3)4/h5-12,14H,1-4H3,(H,24,27)/t14-/m0/s1. The number of hydrogen-bond donors (Lipinski definition) is 1. The van der Waals surface area contributed by atoms with Crippen molar-refractivity contribution in [1.82, 2.24) is 10.2 Å². The number of nitriles is 1. The molecule has 29 heavy (non-hydrogen) atoms. The molecule has 1 amide bonds. The number of hydrogen-bond acceptors (Lipinski definition) is 6. The van der Waals surface area contributed by atoms with Gasteiger partial charge in [-0.15, -0.1) is 10.2 Å². The number of carbonyl (C=O) groups excluding carboxylic acids is 1. The van der Waals surface area contributed by atoms with Gasteiger partial charge in [0.25, 0.3) is 5.22 Å². The van der Waals surface area contributed by atoms with Gasteiger partial charge in [-0.2, -0.15) is 5.26 Å². The van der Waals surface area contributed by atoms with Crippen LogP contribution < -0.4 is 5.32 Å². The lowest BCUT2D eigenvalue weighted by atomic mass is 9.87. The first kappa shape index (κ1) is 20.6. The first-order valence-corrected chi connectivity index (χ1v) is 10.1. The average Bonchev–Trinajstić information content (AvgIpc) is 3.16. The minimum Gasteiger partial charge on any atom is -0.411 e. The summed E-state index contributed by atoms with van der Waals surface area (Å²) in [6.45, 7) is 8.25. The maximum Gasteiger partial charge on any atom is 0.277 e. The highest BCUT2D eigenvalue weighted by atomic mass is 32.2. The molecule has 0 aliphatic carbocycles. The van der Waals surface area contributed by atoms with Crippen molar-refractivity contribution in [2.75, 3.05) is 5.32 Å². The molecule has 0 aliphatic rings. The molecule has 3 aromatic rings. The zero-order chi connectivity index (χ0) is 21.0. The Bertz CT molecular complexity index is 1030. The molecule has 1 heterocycles. The van der Waals surface area contributed by atoms with E-state index in [1.54, 1.807) is 31.2 Å². The molecule has 0 unspecified atom stereocenters. The van der Waals surface area contributed by atoms with Crippen molar-refractivity contribution in [3.05, 3.63) is 59.7 Å². The fourth-order valence-electron chi connectivity index (χ4n) is 2.56. The Balaban J connectivity index is 1.62. The van der Waals surface area contributed by atoms with Crippen molar-refractivity contribution >= 4 is 23.4 Å². The van der Waals surface area contributed by atoms with Crippen LogP contribution in [0.3, 0.4) is 0 Å². The molecular weight excluding hydrogens is 384 g/mol. The summed E-state index contributed by atoms with van der Waals surface area (Å²) in [5.41, 5.74) is 3.31. The molecule has 7 heteroatoms. The van der Waals surface area contributed by atoms with E-state index < -0.39 is 5.25 Å². The molecule has 148 valence electrons. The monoisotopic (exact) mass is 406 g/mol. The minimum absolute atomic E-state index is 0.0755. The van der Waals surface area contributed by atoms with E-state index in [2.05, 4.69) is 48.4 Å². The van der Waals surface area contributed by atoms with Crippen LogP contribution in [0.1, 0.15) is 38.8 Å². The third kappa shape index (κ3) is 5.24. The molecule has 0 aliphatic heterocycles. The molecule has 6 nitrogen and oxygen atoms in total. The Labute approximate surface area is 174 Å². The van der Waals surface area contributed by atoms with Crippen LogP contribution in [-0.2, 0) is 10.2 Å². The normalized spacial score (nSPS) is 12.2. The lowest BCUT2D eigenvalue weighted by molar-refractivity contribution is -0.115. The van der Waals surface area contributed by atoms with Gasteiger partial charge in [-0.3, -0.25) is 4.79 Å². The minimum atomic E-state index is -0.429. The van der Waals surface area contributed by atoms with E-state index in [-0.39, 0.29) is 11.3 Å². The summed E-state index contributed by atoms with van der Waals surface area (Å²) in [5, 5.41) is 19.7. The van der Waals surface area contributed by atoms with E-state index in [1.165, 1.54) is 17.3 Å². The molecule has 2 aromatic carbocycles. The lowest BCUT2D eigenvalue weighted by Crippen LogP contribution is -2.22. The van der Waals surface area contributed by atoms with Gasteiger partial charge >= 0.3 is 0 Å². The molecule has 0 radical (unpaired) electrons. The van der Waals surface area contributed by atoms with Crippen molar-refractivity contribution in [1.29, 1.82) is 5.26 Å². The first-order chi connectivity index (χ1) is 13.8. The number of nitrogens with zero attached hydrogens (tertiary/aromatic N) is 3. The van der Waals surface area contributed by atoms with Crippen LogP contribution in [0.2, 0.25) is 0 Å². The molecule has 1 atom stereocenters. The summed E-state index contributed by atoms with van der Waals surface area (Å²) in [7, 11) is 0. The smallest absolute Gasteiger partial charge is 0.277 e. The van der Waals surface area contributed by atoms with Gasteiger partial charge in [-0.05, 0) is 54.3 Å². The zero-order valence-corrected chi connectivity index (χ0v) is 17.6. The quantitative estimate of drug-likeness (QED) is 0.598. The van der Waals surface area contributed by atoms with Gasteiger partial charge in [-0.25, -0.2) is 0 Å². The molecule has 1 N–H and O–H groups in total. The van der Waals surface area contributed by atoms with E-state index >= 15 is 0 Å². The second kappa shape index (κ2) is 8.50. The first-order valence-electron chi connectivity index (χ1n) is 9.18. The number of aromatic nitrogens is 2. The Morgan fingerprint density at radius 1 is 1.10 bits per heavy atom. The fraction of sp³-hybridized carbons (Fsp3) is 0.273. The summed E-state index contributed by atoms with van der Waals surface area (Å²) in [6, 6.07) is 16.8. The van der Waals surface area contributed by atoms with Crippen LogP contribution in [0.25, 0.3) is 11.5 Å². The summed E-state index contributed by atoms with van der Waals surface area (Å²) in [4.78, 5) is 12.4. The molecule has 0 spiro atoms. The van der Waals surface area contributed by atoms with E-state index in [4.69, 9.17) is 9.68 Å². The van der Waals surface area contributed by atoms with Crippen LogP contribution in [0.5, 0.6) is 0 Å². The number of rotatable bonds is 5. The summed E-state index contributed by atoms with van der Waals surface area (Å²) in [6.07, 6.45) is 0. The third-order valence-corrected chi connectivity index (χ3v) is 5.27. The molecule has 1 aromatic heterocycles. The predicted octanol–water partition coefficient (Wildman–Crippen LogP) is 5.03. The van der Waals surface area contributed by atoms with Gasteiger partial charge in [0.05, 0.1) is 16.9 Å².